The van der Waals surface area contributed by atoms with Crippen LogP contribution in [-0.2, 0) is 6.54 Å². The Morgan fingerprint density at radius 2 is 1.94 bits per heavy atom. The van der Waals surface area contributed by atoms with Crippen molar-refractivity contribution in [1.82, 2.24) is 19.7 Å². The minimum Gasteiger partial charge on any atom is -0.491 e. The van der Waals surface area contributed by atoms with E-state index in [-0.39, 0.29) is 19.2 Å². The number of aliphatic hydroxyl groups is 1. The van der Waals surface area contributed by atoms with E-state index in [0.29, 0.717) is 18.2 Å². The van der Waals surface area contributed by atoms with Crippen LogP contribution in [0.4, 0.5) is 5.69 Å². The van der Waals surface area contributed by atoms with Crippen molar-refractivity contribution in [1.29, 1.82) is 0 Å². The molecule has 190 valence electrons. The fourth-order valence-electron chi connectivity index (χ4n) is 4.09. The highest BCUT2D eigenvalue weighted by Crippen LogP contribution is 2.32. The Labute approximate surface area is 211 Å². The molecule has 36 heavy (non-hydrogen) atoms. The number of hydrogen-bond acceptors (Lipinski definition) is 8. The summed E-state index contributed by atoms with van der Waals surface area (Å²) in [5, 5.41) is 18.9. The Hall–Kier alpha value is -3.69. The molecule has 0 fully saturated rings. The molecule has 0 bridgehead atoms. The van der Waals surface area contributed by atoms with Crippen LogP contribution in [0.1, 0.15) is 36.7 Å². The third kappa shape index (κ3) is 5.42. The molecule has 4 aromatic rings. The zero-order valence-electron chi connectivity index (χ0n) is 21.4. The molecule has 3 heterocycles. The number of pyridine rings is 2. The van der Waals surface area contributed by atoms with Crippen molar-refractivity contribution in [2.24, 2.45) is 5.73 Å². The lowest BCUT2D eigenvalue weighted by molar-refractivity contribution is 0.114. The van der Waals surface area contributed by atoms with Crippen LogP contribution in [0.15, 0.2) is 42.6 Å². The number of aromatic nitrogens is 4. The molecule has 0 amide bonds. The number of anilines is 1. The van der Waals surface area contributed by atoms with Gasteiger partial charge in [-0.15, -0.1) is 0 Å². The van der Waals surface area contributed by atoms with Crippen LogP contribution >= 0.6 is 0 Å². The molecule has 4 rings (SSSR count). The third-order valence-electron chi connectivity index (χ3n) is 5.99. The Morgan fingerprint density at radius 3 is 2.67 bits per heavy atom. The second kappa shape index (κ2) is 10.9. The molecular formula is C27H34N6O3. The average molecular weight is 491 g/mol. The summed E-state index contributed by atoms with van der Waals surface area (Å²) in [5.74, 6) is 1.26. The van der Waals surface area contributed by atoms with Crippen molar-refractivity contribution >= 4 is 16.7 Å². The second-order valence-corrected chi connectivity index (χ2v) is 9.13. The number of rotatable bonds is 10. The number of fused-ring (bicyclic) bond motifs is 1. The summed E-state index contributed by atoms with van der Waals surface area (Å²) < 4.78 is 13.2. The lowest BCUT2D eigenvalue weighted by Crippen LogP contribution is -2.26. The molecule has 1 unspecified atom stereocenters. The largest absolute Gasteiger partial charge is 0.491 e. The monoisotopic (exact) mass is 490 g/mol. The molecule has 0 aliphatic rings. The Morgan fingerprint density at radius 1 is 1.14 bits per heavy atom. The van der Waals surface area contributed by atoms with Gasteiger partial charge in [0.05, 0.1) is 24.4 Å². The molecule has 3 aromatic heterocycles. The molecule has 1 atom stereocenters. The van der Waals surface area contributed by atoms with Gasteiger partial charge in [-0.2, -0.15) is 5.10 Å². The lowest BCUT2D eigenvalue weighted by atomic mass is 10.1. The van der Waals surface area contributed by atoms with Gasteiger partial charge < -0.3 is 25.6 Å². The first-order valence-corrected chi connectivity index (χ1v) is 12.0. The number of nitrogens with zero attached hydrogens (tertiary/aromatic N) is 4. The molecule has 0 aliphatic carbocycles. The number of hydrogen-bond donors (Lipinski definition) is 3. The quantitative estimate of drug-likeness (QED) is 0.305. The highest BCUT2D eigenvalue weighted by atomic mass is 16.5. The lowest BCUT2D eigenvalue weighted by Gasteiger charge is -2.16. The van der Waals surface area contributed by atoms with E-state index in [0.717, 1.165) is 44.8 Å². The minimum atomic E-state index is -0.712. The Kier molecular flexibility index (Phi) is 7.71. The van der Waals surface area contributed by atoms with E-state index in [2.05, 4.69) is 42.2 Å². The molecule has 9 nitrogen and oxygen atoms in total. The van der Waals surface area contributed by atoms with E-state index in [1.807, 2.05) is 48.1 Å². The summed E-state index contributed by atoms with van der Waals surface area (Å²) in [4.78, 5) is 9.49. The van der Waals surface area contributed by atoms with Gasteiger partial charge in [-0.1, -0.05) is 12.1 Å². The van der Waals surface area contributed by atoms with Crippen LogP contribution in [0.3, 0.4) is 0 Å². The van der Waals surface area contributed by atoms with E-state index in [9.17, 15) is 5.11 Å². The highest BCUT2D eigenvalue weighted by Gasteiger charge is 2.16. The van der Waals surface area contributed by atoms with Gasteiger partial charge in [0.1, 0.15) is 18.5 Å². The number of ether oxygens (including phenoxy) is 2. The van der Waals surface area contributed by atoms with E-state index >= 15 is 0 Å². The number of nitrogens with two attached hydrogens (primary N) is 1. The van der Waals surface area contributed by atoms with Crippen molar-refractivity contribution in [2.75, 3.05) is 25.6 Å². The average Bonchev–Trinajstić information content (AvgIpc) is 3.31. The number of benzene rings is 1. The molecule has 9 heteroatoms. The molecule has 0 aliphatic heterocycles. The first kappa shape index (κ1) is 25.4. The van der Waals surface area contributed by atoms with Gasteiger partial charge in [-0.05, 0) is 57.5 Å². The predicted octanol–water partition coefficient (Wildman–Crippen LogP) is 4.01. The number of nitrogens with one attached hydrogen (secondary N) is 1. The molecule has 0 saturated heterocycles. The second-order valence-electron chi connectivity index (χ2n) is 9.13. The zero-order valence-corrected chi connectivity index (χ0v) is 21.4. The number of aliphatic hydroxyl groups excluding tert-OH is 1. The number of methoxy groups -OCH3 is 1. The molecule has 1 aromatic carbocycles. The molecule has 0 saturated carbocycles. The van der Waals surface area contributed by atoms with Crippen LogP contribution in [-0.4, -0.2) is 51.2 Å². The van der Waals surface area contributed by atoms with E-state index in [1.54, 1.807) is 7.11 Å². The fraction of sp³-hybridized carbons (Fsp3) is 0.370. The maximum Gasteiger partial charge on any atom is 0.218 e. The van der Waals surface area contributed by atoms with E-state index in [1.165, 1.54) is 0 Å². The molecule has 4 N–H and O–H groups in total. The molecule has 0 radical (unpaired) electrons. The summed E-state index contributed by atoms with van der Waals surface area (Å²) in [6.07, 6.45) is 1.13. The van der Waals surface area contributed by atoms with E-state index in [4.69, 9.17) is 20.2 Å². The van der Waals surface area contributed by atoms with Crippen LogP contribution in [0.2, 0.25) is 0 Å². The fourth-order valence-corrected chi connectivity index (χ4v) is 4.09. The minimum absolute atomic E-state index is 0.130. The SMILES string of the molecule is COc1nc(C)cc(C)c1CNc1cc(-c2cccc(OCC(O)CN)c2)nc2c1cnn2C(C)C. The smallest absolute Gasteiger partial charge is 0.218 e. The van der Waals surface area contributed by atoms with Crippen LogP contribution in [0, 0.1) is 13.8 Å². The van der Waals surface area contributed by atoms with Gasteiger partial charge in [0.15, 0.2) is 5.65 Å². The van der Waals surface area contributed by atoms with Gasteiger partial charge in [0.25, 0.3) is 0 Å². The summed E-state index contributed by atoms with van der Waals surface area (Å²) >= 11 is 0. The van der Waals surface area contributed by atoms with Crippen molar-refractivity contribution in [2.45, 2.75) is 46.4 Å². The first-order chi connectivity index (χ1) is 17.3. The summed E-state index contributed by atoms with van der Waals surface area (Å²) in [5.41, 5.74) is 11.9. The predicted molar refractivity (Wildman–Crippen MR) is 141 cm³/mol. The third-order valence-corrected chi connectivity index (χ3v) is 5.99. The van der Waals surface area contributed by atoms with Crippen LogP contribution < -0.4 is 20.5 Å². The van der Waals surface area contributed by atoms with Crippen LogP contribution in [0.25, 0.3) is 22.3 Å². The van der Waals surface area contributed by atoms with Crippen molar-refractivity contribution < 1.29 is 14.6 Å². The molecular weight excluding hydrogens is 456 g/mol. The standard InChI is InChI=1S/C27H34N6O3/c1-16(2)33-26-23(14-30-33)25(29-13-22-17(3)9-18(4)31-27(22)35-5)11-24(32-26)19-7-6-8-21(10-19)36-15-20(34)12-28/h6-11,14,16,20,34H,12-13,15,28H2,1-5H3,(H,29,32). The van der Waals surface area contributed by atoms with Crippen LogP contribution in [0.5, 0.6) is 11.6 Å². The van der Waals surface area contributed by atoms with Crippen molar-refractivity contribution in [3.8, 4) is 22.9 Å². The van der Waals surface area contributed by atoms with Gasteiger partial charge in [-0.25, -0.2) is 14.6 Å². The topological polar surface area (TPSA) is 120 Å². The Balaban J connectivity index is 1.73. The maximum absolute atomic E-state index is 9.75. The normalized spacial score (nSPS) is 12.2. The van der Waals surface area contributed by atoms with Gasteiger partial charge in [0.2, 0.25) is 5.88 Å². The Bertz CT molecular complexity index is 1350. The van der Waals surface area contributed by atoms with Gasteiger partial charge in [0, 0.05) is 41.6 Å². The van der Waals surface area contributed by atoms with E-state index < -0.39 is 6.10 Å². The van der Waals surface area contributed by atoms with Crippen molar-refractivity contribution in [3.63, 3.8) is 0 Å². The zero-order chi connectivity index (χ0) is 25.8. The number of aryl methyl sites for hydroxylation is 2. The maximum atomic E-state index is 9.75. The molecule has 0 spiro atoms. The van der Waals surface area contributed by atoms with Crippen molar-refractivity contribution in [3.05, 3.63) is 59.4 Å². The summed E-state index contributed by atoms with van der Waals surface area (Å²) in [6, 6.07) is 11.9. The first-order valence-electron chi connectivity index (χ1n) is 12.0. The van der Waals surface area contributed by atoms with Gasteiger partial charge in [-0.3, -0.25) is 0 Å². The summed E-state index contributed by atoms with van der Waals surface area (Å²) in [7, 11) is 1.64. The van der Waals surface area contributed by atoms with Gasteiger partial charge >= 0.3 is 0 Å². The highest BCUT2D eigenvalue weighted by molar-refractivity contribution is 5.92. The summed E-state index contributed by atoms with van der Waals surface area (Å²) in [6.45, 7) is 8.99.